The molecule has 0 aliphatic carbocycles. The Morgan fingerprint density at radius 3 is 2.18 bits per heavy atom. The largest absolute Gasteiger partial charge is 0.355 e. The average molecular weight is 586 g/mol. The predicted molar refractivity (Wildman–Crippen MR) is 187 cm³/mol. The van der Waals surface area contributed by atoms with Gasteiger partial charge in [-0.25, -0.2) is 5.01 Å². The summed E-state index contributed by atoms with van der Waals surface area (Å²) in [4.78, 5) is 0. The molecule has 0 radical (unpaired) electrons. The van der Waals surface area contributed by atoms with Crippen molar-refractivity contribution in [2.75, 3.05) is 5.32 Å². The maximum atomic E-state index is 3.75. The van der Waals surface area contributed by atoms with Crippen LogP contribution in [0, 0.1) is 0 Å². The SMILES string of the molecule is C1=C(c2ccccc2)NN(Cc2cccc3c2sc2cc(-c4ccccc4Nc4ccccc4)ccc23)C1c1ccccc1. The van der Waals surface area contributed by atoms with E-state index in [0.29, 0.717) is 0 Å². The van der Waals surface area contributed by atoms with Gasteiger partial charge in [0, 0.05) is 43.7 Å². The van der Waals surface area contributed by atoms with E-state index in [4.69, 9.17) is 0 Å². The molecule has 6 aromatic carbocycles. The maximum Gasteiger partial charge on any atom is 0.0748 e. The molecule has 0 spiro atoms. The topological polar surface area (TPSA) is 27.3 Å². The summed E-state index contributed by atoms with van der Waals surface area (Å²) in [6.45, 7) is 0.785. The lowest BCUT2D eigenvalue weighted by atomic mass is 10.0. The lowest BCUT2D eigenvalue weighted by Crippen LogP contribution is -2.33. The van der Waals surface area contributed by atoms with Crippen LogP contribution in [-0.2, 0) is 6.54 Å². The molecule has 2 N–H and O–H groups in total. The van der Waals surface area contributed by atoms with Crippen LogP contribution in [-0.4, -0.2) is 5.01 Å². The Kier molecular flexibility index (Phi) is 6.91. The van der Waals surface area contributed by atoms with Crippen molar-refractivity contribution in [3.63, 3.8) is 0 Å². The number of thiophene rings is 1. The van der Waals surface area contributed by atoms with Crippen LogP contribution < -0.4 is 10.7 Å². The molecule has 3 nitrogen and oxygen atoms in total. The minimum absolute atomic E-state index is 0.135. The van der Waals surface area contributed by atoms with Crippen molar-refractivity contribution in [2.24, 2.45) is 0 Å². The molecule has 1 aromatic heterocycles. The minimum Gasteiger partial charge on any atom is -0.355 e. The standard InChI is InChI=1S/C40H31N3S/c1-4-13-28(14-5-1)37-26-38(29-15-6-2-7-16-29)43(42-37)27-31-17-12-21-35-34-24-23-30(25-39(34)44-40(31)35)33-20-10-11-22-36(33)41-32-18-8-3-9-19-32/h1-26,38,41-42H,27H2. The zero-order valence-electron chi connectivity index (χ0n) is 24.2. The molecular weight excluding hydrogens is 555 g/mol. The van der Waals surface area contributed by atoms with Gasteiger partial charge >= 0.3 is 0 Å². The van der Waals surface area contributed by atoms with Crippen molar-refractivity contribution < 1.29 is 0 Å². The summed E-state index contributed by atoms with van der Waals surface area (Å²) in [6.07, 6.45) is 2.35. The van der Waals surface area contributed by atoms with Crippen molar-refractivity contribution in [1.29, 1.82) is 0 Å². The third-order valence-corrected chi connectivity index (χ3v) is 9.61. The zero-order valence-corrected chi connectivity index (χ0v) is 25.0. The number of hydrogen-bond donors (Lipinski definition) is 2. The predicted octanol–water partition coefficient (Wildman–Crippen LogP) is 10.6. The molecule has 1 atom stereocenters. The van der Waals surface area contributed by atoms with Crippen LogP contribution in [0.3, 0.4) is 0 Å². The fourth-order valence-electron chi connectivity index (χ4n) is 6.21. The van der Waals surface area contributed by atoms with Crippen LogP contribution in [0.2, 0.25) is 0 Å². The number of fused-ring (bicyclic) bond motifs is 3. The van der Waals surface area contributed by atoms with Crippen LogP contribution in [0.1, 0.15) is 22.7 Å². The Labute approximate surface area is 261 Å². The first kappa shape index (κ1) is 26.5. The highest BCUT2D eigenvalue weighted by Gasteiger charge is 2.27. The van der Waals surface area contributed by atoms with Gasteiger partial charge in [0.25, 0.3) is 0 Å². The summed E-state index contributed by atoms with van der Waals surface area (Å²) in [5.41, 5.74) is 13.3. The normalized spacial score (nSPS) is 14.9. The highest BCUT2D eigenvalue weighted by Crippen LogP contribution is 2.41. The molecule has 0 bridgehead atoms. The van der Waals surface area contributed by atoms with Gasteiger partial charge < -0.3 is 10.7 Å². The van der Waals surface area contributed by atoms with E-state index in [2.05, 4.69) is 167 Å². The number of para-hydroxylation sites is 2. The Morgan fingerprint density at radius 1 is 0.636 bits per heavy atom. The number of anilines is 2. The Balaban J connectivity index is 1.15. The summed E-state index contributed by atoms with van der Waals surface area (Å²) in [7, 11) is 0. The molecule has 8 rings (SSSR count). The van der Waals surface area contributed by atoms with E-state index in [1.54, 1.807) is 0 Å². The van der Waals surface area contributed by atoms with E-state index in [-0.39, 0.29) is 6.04 Å². The van der Waals surface area contributed by atoms with E-state index < -0.39 is 0 Å². The molecule has 1 aliphatic rings. The fraction of sp³-hybridized carbons (Fsp3) is 0.0500. The van der Waals surface area contributed by atoms with Gasteiger partial charge in [-0.1, -0.05) is 127 Å². The minimum atomic E-state index is 0.135. The molecule has 0 saturated heterocycles. The molecule has 1 aliphatic heterocycles. The lowest BCUT2D eigenvalue weighted by molar-refractivity contribution is 0.197. The molecule has 2 heterocycles. The van der Waals surface area contributed by atoms with Crippen molar-refractivity contribution in [3.05, 3.63) is 174 Å². The van der Waals surface area contributed by atoms with Gasteiger partial charge in [-0.15, -0.1) is 11.3 Å². The number of nitrogens with zero attached hydrogens (tertiary/aromatic N) is 1. The van der Waals surface area contributed by atoms with E-state index in [1.165, 1.54) is 48.0 Å². The molecule has 0 fully saturated rings. The second-order valence-corrected chi connectivity index (χ2v) is 12.2. The molecule has 44 heavy (non-hydrogen) atoms. The molecule has 1 unspecified atom stereocenters. The van der Waals surface area contributed by atoms with Crippen LogP contribution in [0.5, 0.6) is 0 Å². The summed E-state index contributed by atoms with van der Waals surface area (Å²) in [6, 6.07) is 54.1. The van der Waals surface area contributed by atoms with Gasteiger partial charge in [0.1, 0.15) is 0 Å². The van der Waals surface area contributed by atoms with Crippen molar-refractivity contribution in [2.45, 2.75) is 12.6 Å². The van der Waals surface area contributed by atoms with Gasteiger partial charge in [0.15, 0.2) is 0 Å². The summed E-state index contributed by atoms with van der Waals surface area (Å²) < 4.78 is 2.65. The maximum absolute atomic E-state index is 3.75. The Hall–Kier alpha value is -5.16. The van der Waals surface area contributed by atoms with Gasteiger partial charge in [0.05, 0.1) is 11.7 Å². The van der Waals surface area contributed by atoms with E-state index in [9.17, 15) is 0 Å². The first-order valence-corrected chi connectivity index (χ1v) is 15.8. The molecule has 0 amide bonds. The first-order valence-electron chi connectivity index (χ1n) is 15.0. The second kappa shape index (κ2) is 11.5. The Bertz CT molecular complexity index is 2100. The Morgan fingerprint density at radius 2 is 1.36 bits per heavy atom. The highest BCUT2D eigenvalue weighted by molar-refractivity contribution is 7.26. The zero-order chi connectivity index (χ0) is 29.3. The van der Waals surface area contributed by atoms with E-state index in [1.807, 2.05) is 17.4 Å². The van der Waals surface area contributed by atoms with Gasteiger partial charge in [0.2, 0.25) is 0 Å². The van der Waals surface area contributed by atoms with Crippen LogP contribution >= 0.6 is 11.3 Å². The summed E-state index contributed by atoms with van der Waals surface area (Å²) in [5, 5.41) is 8.61. The monoisotopic (exact) mass is 585 g/mol. The van der Waals surface area contributed by atoms with Crippen molar-refractivity contribution in [3.8, 4) is 11.1 Å². The third kappa shape index (κ3) is 5.05. The summed E-state index contributed by atoms with van der Waals surface area (Å²) in [5.74, 6) is 0. The number of rotatable bonds is 7. The molecule has 0 saturated carbocycles. The summed E-state index contributed by atoms with van der Waals surface area (Å²) >= 11 is 1.89. The van der Waals surface area contributed by atoms with E-state index in [0.717, 1.165) is 23.6 Å². The number of benzene rings is 6. The molecule has 4 heteroatoms. The van der Waals surface area contributed by atoms with Gasteiger partial charge in [-0.3, -0.25) is 0 Å². The second-order valence-electron chi connectivity index (χ2n) is 11.2. The number of hydrazine groups is 1. The molecule has 7 aromatic rings. The van der Waals surface area contributed by atoms with Crippen LogP contribution in [0.15, 0.2) is 158 Å². The lowest BCUT2D eigenvalue weighted by Gasteiger charge is -2.26. The van der Waals surface area contributed by atoms with Crippen molar-refractivity contribution in [1.82, 2.24) is 10.4 Å². The molecular formula is C40H31N3S. The fourth-order valence-corrected chi connectivity index (χ4v) is 7.45. The van der Waals surface area contributed by atoms with Crippen LogP contribution in [0.4, 0.5) is 11.4 Å². The average Bonchev–Trinajstić information content (AvgIpc) is 3.68. The van der Waals surface area contributed by atoms with Crippen LogP contribution in [0.25, 0.3) is 37.0 Å². The van der Waals surface area contributed by atoms with Gasteiger partial charge in [-0.05, 0) is 52.6 Å². The quantitative estimate of drug-likeness (QED) is 0.195. The smallest absolute Gasteiger partial charge is 0.0748 e. The number of hydrogen-bond acceptors (Lipinski definition) is 4. The third-order valence-electron chi connectivity index (χ3n) is 8.36. The van der Waals surface area contributed by atoms with Crippen molar-refractivity contribution >= 4 is 48.6 Å². The number of nitrogens with one attached hydrogen (secondary N) is 2. The van der Waals surface area contributed by atoms with E-state index >= 15 is 0 Å². The first-order chi connectivity index (χ1) is 21.8. The highest BCUT2D eigenvalue weighted by atomic mass is 32.1. The molecule has 212 valence electrons. The van der Waals surface area contributed by atoms with Gasteiger partial charge in [-0.2, -0.15) is 0 Å².